The summed E-state index contributed by atoms with van der Waals surface area (Å²) < 4.78 is 16.7. The van der Waals surface area contributed by atoms with Crippen molar-refractivity contribution in [3.63, 3.8) is 0 Å². The molecule has 2 rings (SSSR count). The van der Waals surface area contributed by atoms with Crippen LogP contribution in [0.3, 0.4) is 0 Å². The van der Waals surface area contributed by atoms with Crippen molar-refractivity contribution in [1.29, 1.82) is 0 Å². The maximum atomic E-state index is 12.5. The lowest BCUT2D eigenvalue weighted by Crippen LogP contribution is -2.44. The predicted molar refractivity (Wildman–Crippen MR) is 125 cm³/mol. The summed E-state index contributed by atoms with van der Waals surface area (Å²) in [4.78, 5) is 24.9. The Morgan fingerprint density at radius 2 is 1.62 bits per heavy atom. The fourth-order valence-corrected chi connectivity index (χ4v) is 3.53. The number of halogens is 2. The van der Waals surface area contributed by atoms with Gasteiger partial charge in [0.05, 0.1) is 25.7 Å². The van der Waals surface area contributed by atoms with E-state index in [4.69, 9.17) is 37.4 Å². The van der Waals surface area contributed by atoms with Crippen LogP contribution >= 0.6 is 23.2 Å². The number of amides is 1. The van der Waals surface area contributed by atoms with Crippen LogP contribution in [-0.4, -0.2) is 30.3 Å². The molecule has 0 spiro atoms. The molecule has 2 aromatic rings. The van der Waals surface area contributed by atoms with Crippen molar-refractivity contribution < 1.29 is 23.8 Å². The summed E-state index contributed by atoms with van der Waals surface area (Å²) in [5, 5.41) is 3.70. The van der Waals surface area contributed by atoms with Gasteiger partial charge in [0.2, 0.25) is 0 Å². The number of ether oxygens (including phenoxy) is 3. The highest BCUT2D eigenvalue weighted by Crippen LogP contribution is 2.30. The summed E-state index contributed by atoms with van der Waals surface area (Å²) in [6.07, 6.45) is -1.46. The van der Waals surface area contributed by atoms with E-state index in [1.165, 1.54) is 0 Å². The molecular formula is C24H29Cl2NO5. The number of benzene rings is 2. The number of hydrogen-bond acceptors (Lipinski definition) is 5. The van der Waals surface area contributed by atoms with Crippen LogP contribution in [0.15, 0.2) is 48.5 Å². The van der Waals surface area contributed by atoms with Crippen LogP contribution in [-0.2, 0) is 25.6 Å². The Balaban J connectivity index is 2.34. The minimum Gasteiger partial charge on any atom is -0.466 e. The van der Waals surface area contributed by atoms with Gasteiger partial charge in [0, 0.05) is 15.6 Å². The van der Waals surface area contributed by atoms with Crippen LogP contribution in [0.5, 0.6) is 0 Å². The van der Waals surface area contributed by atoms with Gasteiger partial charge in [-0.15, -0.1) is 0 Å². The Morgan fingerprint density at radius 3 is 2.19 bits per heavy atom. The summed E-state index contributed by atoms with van der Waals surface area (Å²) in [6, 6.07) is 13.7. The third kappa shape index (κ3) is 8.34. The van der Waals surface area contributed by atoms with Gasteiger partial charge in [0.15, 0.2) is 0 Å². The average Bonchev–Trinajstić information content (AvgIpc) is 2.69. The fraction of sp³-hybridized carbons (Fsp3) is 0.417. The molecule has 0 aromatic heterocycles. The Kier molecular flexibility index (Phi) is 9.82. The maximum Gasteiger partial charge on any atom is 0.407 e. The van der Waals surface area contributed by atoms with Crippen molar-refractivity contribution in [1.82, 2.24) is 5.32 Å². The Bertz CT molecular complexity index is 879. The molecular weight excluding hydrogens is 453 g/mol. The largest absolute Gasteiger partial charge is 0.466 e. The third-order valence-electron chi connectivity index (χ3n) is 4.36. The normalized spacial score (nSPS) is 13.2. The highest BCUT2D eigenvalue weighted by atomic mass is 35.5. The molecule has 0 saturated heterocycles. The van der Waals surface area contributed by atoms with Crippen LogP contribution < -0.4 is 5.32 Å². The van der Waals surface area contributed by atoms with Crippen molar-refractivity contribution in [2.45, 2.75) is 58.5 Å². The maximum absolute atomic E-state index is 12.5. The van der Waals surface area contributed by atoms with E-state index < -0.39 is 29.8 Å². The van der Waals surface area contributed by atoms with E-state index >= 15 is 0 Å². The molecule has 0 bridgehead atoms. The second-order valence-corrected chi connectivity index (χ2v) is 8.92. The molecule has 0 aliphatic heterocycles. The van der Waals surface area contributed by atoms with Crippen molar-refractivity contribution in [2.24, 2.45) is 0 Å². The first-order valence-corrected chi connectivity index (χ1v) is 11.1. The number of rotatable bonds is 9. The molecule has 174 valence electrons. The molecule has 8 heteroatoms. The van der Waals surface area contributed by atoms with Gasteiger partial charge in [0.1, 0.15) is 11.7 Å². The summed E-state index contributed by atoms with van der Waals surface area (Å²) in [5.74, 6) is -0.464. The summed E-state index contributed by atoms with van der Waals surface area (Å²) >= 11 is 12.6. The summed E-state index contributed by atoms with van der Waals surface area (Å²) in [6.45, 7) is 7.31. The third-order valence-corrected chi connectivity index (χ3v) is 5.06. The van der Waals surface area contributed by atoms with Gasteiger partial charge < -0.3 is 19.5 Å². The lowest BCUT2D eigenvalue weighted by Gasteiger charge is -2.29. The number of esters is 1. The monoisotopic (exact) mass is 481 g/mol. The first-order valence-electron chi connectivity index (χ1n) is 10.3. The van der Waals surface area contributed by atoms with E-state index in [1.54, 1.807) is 45.9 Å². The molecule has 0 fully saturated rings. The smallest absolute Gasteiger partial charge is 0.407 e. The Morgan fingerprint density at radius 1 is 1.00 bits per heavy atom. The van der Waals surface area contributed by atoms with E-state index in [0.717, 1.165) is 5.56 Å². The molecule has 0 saturated carbocycles. The first kappa shape index (κ1) is 26.0. The van der Waals surface area contributed by atoms with E-state index in [1.807, 2.05) is 30.3 Å². The zero-order chi connectivity index (χ0) is 23.7. The molecule has 0 aliphatic rings. The lowest BCUT2D eigenvalue weighted by molar-refractivity contribution is -0.144. The lowest BCUT2D eigenvalue weighted by atomic mass is 9.99. The number of alkyl carbamates (subject to hydrolysis) is 1. The van der Waals surface area contributed by atoms with Crippen molar-refractivity contribution in [3.8, 4) is 0 Å². The van der Waals surface area contributed by atoms with E-state index in [0.29, 0.717) is 15.6 Å². The molecule has 32 heavy (non-hydrogen) atoms. The standard InChI is InChI=1S/C24H29Cl2NO5/c1-5-30-21(28)14-20(27-23(29)32-24(2,3)4)22(16-10-7-6-8-11-16)31-15-17-18(25)12-9-13-19(17)26/h6-13,20,22H,5,14-15H2,1-4H3,(H,27,29). The van der Waals surface area contributed by atoms with Gasteiger partial charge >= 0.3 is 12.1 Å². The predicted octanol–water partition coefficient (Wildman–Crippen LogP) is 6.10. The number of nitrogens with one attached hydrogen (secondary N) is 1. The van der Waals surface area contributed by atoms with Crippen molar-refractivity contribution in [2.75, 3.05) is 6.61 Å². The van der Waals surface area contributed by atoms with E-state index in [-0.39, 0.29) is 19.6 Å². The molecule has 2 aromatic carbocycles. The van der Waals surface area contributed by atoms with Crippen LogP contribution in [0, 0.1) is 0 Å². The van der Waals surface area contributed by atoms with Gasteiger partial charge in [-0.05, 0) is 45.4 Å². The highest BCUT2D eigenvalue weighted by Gasteiger charge is 2.31. The molecule has 6 nitrogen and oxygen atoms in total. The van der Waals surface area contributed by atoms with Gasteiger partial charge in [-0.25, -0.2) is 4.79 Å². The van der Waals surface area contributed by atoms with Gasteiger partial charge in [-0.3, -0.25) is 4.79 Å². The van der Waals surface area contributed by atoms with E-state index in [9.17, 15) is 9.59 Å². The number of hydrogen-bond donors (Lipinski definition) is 1. The van der Waals surface area contributed by atoms with Crippen LogP contribution in [0.4, 0.5) is 4.79 Å². The van der Waals surface area contributed by atoms with Crippen molar-refractivity contribution >= 4 is 35.3 Å². The number of carbonyl (C=O) groups is 2. The fourth-order valence-electron chi connectivity index (χ4n) is 3.02. The van der Waals surface area contributed by atoms with Gasteiger partial charge in [-0.2, -0.15) is 0 Å². The molecule has 2 atom stereocenters. The van der Waals surface area contributed by atoms with Gasteiger partial charge in [-0.1, -0.05) is 59.6 Å². The molecule has 1 N–H and O–H groups in total. The molecule has 0 heterocycles. The first-order chi connectivity index (χ1) is 15.1. The van der Waals surface area contributed by atoms with E-state index in [2.05, 4.69) is 5.32 Å². The SMILES string of the molecule is CCOC(=O)CC(NC(=O)OC(C)(C)C)C(OCc1c(Cl)cccc1Cl)c1ccccc1. The molecule has 0 radical (unpaired) electrons. The minimum absolute atomic E-state index is 0.0768. The topological polar surface area (TPSA) is 73.9 Å². The number of carbonyl (C=O) groups excluding carboxylic acids is 2. The Labute approximate surface area is 199 Å². The van der Waals surface area contributed by atoms with Gasteiger partial charge in [0.25, 0.3) is 0 Å². The molecule has 2 unspecified atom stereocenters. The quantitative estimate of drug-likeness (QED) is 0.438. The molecule has 1 amide bonds. The second kappa shape index (κ2) is 12.1. The zero-order valence-corrected chi connectivity index (χ0v) is 20.2. The second-order valence-electron chi connectivity index (χ2n) is 8.10. The highest BCUT2D eigenvalue weighted by molar-refractivity contribution is 6.35. The summed E-state index contributed by atoms with van der Waals surface area (Å²) in [5.41, 5.74) is 0.678. The zero-order valence-electron chi connectivity index (χ0n) is 18.7. The van der Waals surface area contributed by atoms with Crippen LogP contribution in [0.25, 0.3) is 0 Å². The van der Waals surface area contributed by atoms with Crippen LogP contribution in [0.1, 0.15) is 51.3 Å². The minimum atomic E-state index is -0.757. The summed E-state index contributed by atoms with van der Waals surface area (Å²) in [7, 11) is 0. The van der Waals surface area contributed by atoms with Crippen molar-refractivity contribution in [3.05, 3.63) is 69.7 Å². The van der Waals surface area contributed by atoms with Crippen LogP contribution in [0.2, 0.25) is 10.0 Å². The average molecular weight is 482 g/mol. The molecule has 0 aliphatic carbocycles. The Hall–Kier alpha value is -2.28.